The van der Waals surface area contributed by atoms with E-state index in [9.17, 15) is 9.90 Å². The molecule has 25 heavy (non-hydrogen) atoms. The molecule has 4 nitrogen and oxygen atoms in total. The van der Waals surface area contributed by atoms with Crippen molar-refractivity contribution in [3.05, 3.63) is 54.1 Å². The van der Waals surface area contributed by atoms with Crippen LogP contribution in [0.3, 0.4) is 0 Å². The number of aliphatic hydroxyl groups excluding tert-OH is 1. The average molecular weight is 337 g/mol. The van der Waals surface area contributed by atoms with E-state index in [0.717, 1.165) is 48.4 Å². The normalized spacial score (nSPS) is 25.0. The van der Waals surface area contributed by atoms with E-state index < -0.39 is 0 Å². The van der Waals surface area contributed by atoms with Crippen molar-refractivity contribution < 1.29 is 14.6 Å². The molecule has 0 spiro atoms. The summed E-state index contributed by atoms with van der Waals surface area (Å²) in [7, 11) is 1.65. The van der Waals surface area contributed by atoms with E-state index in [4.69, 9.17) is 4.74 Å². The van der Waals surface area contributed by atoms with Crippen LogP contribution in [0.1, 0.15) is 23.2 Å². The van der Waals surface area contributed by atoms with Gasteiger partial charge in [-0.3, -0.25) is 4.79 Å². The maximum atomic E-state index is 12.9. The summed E-state index contributed by atoms with van der Waals surface area (Å²) in [6, 6.07) is 15.7. The maximum absolute atomic E-state index is 12.9. The highest BCUT2D eigenvalue weighted by molar-refractivity contribution is 5.95. The fourth-order valence-electron chi connectivity index (χ4n) is 4.25. The van der Waals surface area contributed by atoms with Gasteiger partial charge in [-0.15, -0.1) is 0 Å². The molecule has 4 heteroatoms. The van der Waals surface area contributed by atoms with Crippen LogP contribution in [0.4, 0.5) is 0 Å². The second-order valence-corrected chi connectivity index (χ2v) is 7.17. The highest BCUT2D eigenvalue weighted by Crippen LogP contribution is 2.38. The fraction of sp³-hybridized carbons (Fsp3) is 0.381. The second kappa shape index (κ2) is 6.52. The monoisotopic (exact) mass is 337 g/mol. The van der Waals surface area contributed by atoms with Gasteiger partial charge in [0.1, 0.15) is 5.75 Å². The minimum atomic E-state index is -0.177. The zero-order valence-corrected chi connectivity index (χ0v) is 14.4. The first-order valence-electron chi connectivity index (χ1n) is 8.86. The van der Waals surface area contributed by atoms with Crippen molar-refractivity contribution in [1.29, 1.82) is 0 Å². The standard InChI is InChI=1S/C21H23NO3/c1-25-20-7-3-5-15(11-20)14-4-2-6-16(8-14)21(24)22-12-17-9-19(23)10-18(17)13-22/h2-8,11,17-19,23H,9-10,12-13H2,1H3/t17-,18+,19?. The van der Waals surface area contributed by atoms with E-state index in [0.29, 0.717) is 11.8 Å². The SMILES string of the molecule is COc1cccc(-c2cccc(C(=O)N3C[C@H]4CC(O)C[C@H]4C3)c2)c1. The van der Waals surface area contributed by atoms with Gasteiger partial charge in [-0.05, 0) is 60.1 Å². The number of carbonyl (C=O) groups excluding carboxylic acids is 1. The molecule has 0 aromatic heterocycles. The molecule has 4 rings (SSSR count). The van der Waals surface area contributed by atoms with Crippen LogP contribution in [0.25, 0.3) is 11.1 Å². The molecule has 1 aliphatic heterocycles. The van der Waals surface area contributed by atoms with E-state index in [2.05, 4.69) is 0 Å². The number of methoxy groups -OCH3 is 1. The number of nitrogens with zero attached hydrogens (tertiary/aromatic N) is 1. The van der Waals surface area contributed by atoms with Gasteiger partial charge in [0.15, 0.2) is 0 Å². The van der Waals surface area contributed by atoms with Crippen molar-refractivity contribution >= 4 is 5.91 Å². The van der Waals surface area contributed by atoms with Crippen molar-refractivity contribution in [2.75, 3.05) is 20.2 Å². The van der Waals surface area contributed by atoms with Crippen molar-refractivity contribution in [1.82, 2.24) is 4.90 Å². The molecule has 0 radical (unpaired) electrons. The largest absolute Gasteiger partial charge is 0.497 e. The molecule has 1 amide bonds. The van der Waals surface area contributed by atoms with Crippen molar-refractivity contribution in [2.45, 2.75) is 18.9 Å². The van der Waals surface area contributed by atoms with Crippen LogP contribution in [0.5, 0.6) is 5.75 Å². The van der Waals surface area contributed by atoms with Crippen molar-refractivity contribution in [2.24, 2.45) is 11.8 Å². The van der Waals surface area contributed by atoms with Gasteiger partial charge >= 0.3 is 0 Å². The lowest BCUT2D eigenvalue weighted by molar-refractivity contribution is 0.0765. The van der Waals surface area contributed by atoms with Gasteiger partial charge in [0.25, 0.3) is 5.91 Å². The first-order chi connectivity index (χ1) is 12.1. The van der Waals surface area contributed by atoms with E-state index in [1.54, 1.807) is 7.11 Å². The molecular formula is C21H23NO3. The lowest BCUT2D eigenvalue weighted by Gasteiger charge is -2.18. The van der Waals surface area contributed by atoms with Crippen molar-refractivity contribution in [3.8, 4) is 16.9 Å². The molecule has 1 saturated carbocycles. The third-order valence-electron chi connectivity index (χ3n) is 5.53. The number of rotatable bonds is 3. The number of amides is 1. The lowest BCUT2D eigenvalue weighted by atomic mass is 10.0. The van der Waals surface area contributed by atoms with Crippen LogP contribution in [0, 0.1) is 11.8 Å². The molecule has 1 N–H and O–H groups in total. The molecule has 2 fully saturated rings. The Bertz CT molecular complexity index is 774. The topological polar surface area (TPSA) is 49.8 Å². The number of fused-ring (bicyclic) bond motifs is 1. The molecule has 1 saturated heterocycles. The lowest BCUT2D eigenvalue weighted by Crippen LogP contribution is -2.30. The molecule has 2 aromatic carbocycles. The maximum Gasteiger partial charge on any atom is 0.253 e. The summed E-state index contributed by atoms with van der Waals surface area (Å²) in [5.74, 6) is 1.81. The molecule has 2 aliphatic rings. The summed E-state index contributed by atoms with van der Waals surface area (Å²) >= 11 is 0. The van der Waals surface area contributed by atoms with Gasteiger partial charge in [0.2, 0.25) is 0 Å². The van der Waals surface area contributed by atoms with Gasteiger partial charge < -0.3 is 14.7 Å². The number of hydrogen-bond acceptors (Lipinski definition) is 3. The molecule has 0 bridgehead atoms. The van der Waals surface area contributed by atoms with Crippen LogP contribution in [0.2, 0.25) is 0 Å². The Kier molecular flexibility index (Phi) is 4.22. The number of ether oxygens (including phenoxy) is 1. The predicted octanol–water partition coefficient (Wildman–Crippen LogP) is 3.21. The summed E-state index contributed by atoms with van der Waals surface area (Å²) in [4.78, 5) is 14.9. The van der Waals surface area contributed by atoms with Crippen LogP contribution < -0.4 is 4.74 Å². The molecule has 1 unspecified atom stereocenters. The van der Waals surface area contributed by atoms with Crippen molar-refractivity contribution in [3.63, 3.8) is 0 Å². The zero-order valence-electron chi connectivity index (χ0n) is 14.4. The Labute approximate surface area is 148 Å². The number of hydrogen-bond donors (Lipinski definition) is 1. The van der Waals surface area contributed by atoms with Gasteiger partial charge in [0.05, 0.1) is 13.2 Å². The highest BCUT2D eigenvalue weighted by Gasteiger charge is 2.41. The predicted molar refractivity (Wildman–Crippen MR) is 96.6 cm³/mol. The number of benzene rings is 2. The minimum Gasteiger partial charge on any atom is -0.497 e. The van der Waals surface area contributed by atoms with Crippen LogP contribution in [-0.4, -0.2) is 42.2 Å². The number of likely N-dealkylation sites (tertiary alicyclic amines) is 1. The Hall–Kier alpha value is -2.33. The molecule has 1 aliphatic carbocycles. The smallest absolute Gasteiger partial charge is 0.253 e. The Balaban J connectivity index is 1.54. The molecule has 3 atom stereocenters. The van der Waals surface area contributed by atoms with Gasteiger partial charge in [-0.25, -0.2) is 0 Å². The summed E-state index contributed by atoms with van der Waals surface area (Å²) in [6.45, 7) is 1.54. The van der Waals surface area contributed by atoms with E-state index >= 15 is 0 Å². The summed E-state index contributed by atoms with van der Waals surface area (Å²) in [6.07, 6.45) is 1.49. The third kappa shape index (κ3) is 3.14. The fourth-order valence-corrected chi connectivity index (χ4v) is 4.25. The Morgan fingerprint density at radius 2 is 1.68 bits per heavy atom. The van der Waals surface area contributed by atoms with E-state index in [1.165, 1.54) is 0 Å². The van der Waals surface area contributed by atoms with Crippen LogP contribution in [0.15, 0.2) is 48.5 Å². The summed E-state index contributed by atoms with van der Waals surface area (Å²) < 4.78 is 5.29. The number of carbonyl (C=O) groups is 1. The van der Waals surface area contributed by atoms with Gasteiger partial charge in [-0.2, -0.15) is 0 Å². The summed E-state index contributed by atoms with van der Waals surface area (Å²) in [5, 5.41) is 9.77. The van der Waals surface area contributed by atoms with Crippen LogP contribution in [-0.2, 0) is 0 Å². The summed E-state index contributed by atoms with van der Waals surface area (Å²) in [5.41, 5.74) is 2.77. The first kappa shape index (κ1) is 16.2. The second-order valence-electron chi connectivity index (χ2n) is 7.17. The Morgan fingerprint density at radius 3 is 2.36 bits per heavy atom. The third-order valence-corrected chi connectivity index (χ3v) is 5.53. The van der Waals surface area contributed by atoms with Crippen LogP contribution >= 0.6 is 0 Å². The molecular weight excluding hydrogens is 314 g/mol. The van der Waals surface area contributed by atoms with E-state index in [1.807, 2.05) is 53.4 Å². The average Bonchev–Trinajstić information content (AvgIpc) is 3.18. The minimum absolute atomic E-state index is 0.0913. The van der Waals surface area contributed by atoms with E-state index in [-0.39, 0.29) is 12.0 Å². The van der Waals surface area contributed by atoms with Gasteiger partial charge in [-0.1, -0.05) is 24.3 Å². The molecule has 1 heterocycles. The number of aliphatic hydroxyl groups is 1. The quantitative estimate of drug-likeness (QED) is 0.936. The zero-order chi connectivity index (χ0) is 17.4. The molecule has 2 aromatic rings. The molecule has 130 valence electrons. The van der Waals surface area contributed by atoms with Gasteiger partial charge in [0, 0.05) is 18.7 Å². The highest BCUT2D eigenvalue weighted by atomic mass is 16.5. The first-order valence-corrected chi connectivity index (χ1v) is 8.86. The Morgan fingerprint density at radius 1 is 1.04 bits per heavy atom.